The number of nitrogens with one attached hydrogen (secondary N) is 1. The Morgan fingerprint density at radius 3 is 2.08 bits per heavy atom. The minimum atomic E-state index is -0.138. The summed E-state index contributed by atoms with van der Waals surface area (Å²) < 4.78 is 0. The lowest BCUT2D eigenvalue weighted by Crippen LogP contribution is -2.42. The van der Waals surface area contributed by atoms with Crippen molar-refractivity contribution in [1.82, 2.24) is 5.32 Å². The molecule has 0 fully saturated rings. The van der Waals surface area contributed by atoms with Crippen LogP contribution in [0.1, 0.15) is 41.5 Å². The van der Waals surface area contributed by atoms with Crippen molar-refractivity contribution in [3.8, 4) is 0 Å². The van der Waals surface area contributed by atoms with Gasteiger partial charge in [-0.2, -0.15) is 0 Å². The molecule has 0 radical (unpaired) electrons. The van der Waals surface area contributed by atoms with Gasteiger partial charge in [0, 0.05) is 5.54 Å². The lowest BCUT2D eigenvalue weighted by atomic mass is 10.0. The molecule has 0 heterocycles. The van der Waals surface area contributed by atoms with Crippen molar-refractivity contribution in [2.24, 2.45) is 5.92 Å². The van der Waals surface area contributed by atoms with Crippen LogP contribution in [-0.2, 0) is 4.79 Å². The first kappa shape index (κ1) is 12.2. The van der Waals surface area contributed by atoms with E-state index >= 15 is 0 Å². The topological polar surface area (TPSA) is 29.1 Å². The van der Waals surface area contributed by atoms with E-state index in [-0.39, 0.29) is 17.4 Å². The lowest BCUT2D eigenvalue weighted by molar-refractivity contribution is -0.124. The van der Waals surface area contributed by atoms with Gasteiger partial charge in [-0.1, -0.05) is 18.6 Å². The summed E-state index contributed by atoms with van der Waals surface area (Å²) >= 11 is 0. The predicted octanol–water partition coefficient (Wildman–Crippen LogP) is 2.50. The number of carbonyl (C=O) groups excluding carboxylic acids is 1. The molecule has 0 spiro atoms. The summed E-state index contributed by atoms with van der Waals surface area (Å²) in [7, 11) is 0. The van der Waals surface area contributed by atoms with Gasteiger partial charge < -0.3 is 5.32 Å². The fourth-order valence-electron chi connectivity index (χ4n) is 1.06. The van der Waals surface area contributed by atoms with Crippen LogP contribution in [-0.4, -0.2) is 11.4 Å². The van der Waals surface area contributed by atoms with Gasteiger partial charge in [0.05, 0.1) is 5.92 Å². The van der Waals surface area contributed by atoms with Crippen molar-refractivity contribution < 1.29 is 4.79 Å². The van der Waals surface area contributed by atoms with Crippen LogP contribution in [0.15, 0.2) is 11.6 Å². The van der Waals surface area contributed by atoms with Crippen LogP contribution in [0.3, 0.4) is 0 Å². The Labute approximate surface area is 81.4 Å². The highest BCUT2D eigenvalue weighted by atomic mass is 16.2. The number of hydrogen-bond donors (Lipinski definition) is 1. The monoisotopic (exact) mass is 183 g/mol. The molecule has 0 aromatic rings. The summed E-state index contributed by atoms with van der Waals surface area (Å²) in [4.78, 5) is 11.5. The van der Waals surface area contributed by atoms with Crippen molar-refractivity contribution in [2.75, 3.05) is 0 Å². The lowest BCUT2D eigenvalue weighted by Gasteiger charge is -2.22. The van der Waals surface area contributed by atoms with Crippen molar-refractivity contribution in [2.45, 2.75) is 47.1 Å². The fourth-order valence-corrected chi connectivity index (χ4v) is 1.06. The SMILES string of the molecule is CC(C)=CC(C)C(=O)NC(C)(C)C. The Morgan fingerprint density at radius 1 is 1.31 bits per heavy atom. The molecule has 0 aliphatic heterocycles. The zero-order valence-electron chi connectivity index (χ0n) is 9.56. The normalized spacial score (nSPS) is 13.4. The quantitative estimate of drug-likeness (QED) is 0.655. The molecular weight excluding hydrogens is 162 g/mol. The smallest absolute Gasteiger partial charge is 0.227 e. The van der Waals surface area contributed by atoms with E-state index in [0.717, 1.165) is 0 Å². The van der Waals surface area contributed by atoms with Gasteiger partial charge in [-0.15, -0.1) is 0 Å². The Bertz CT molecular complexity index is 207. The molecule has 13 heavy (non-hydrogen) atoms. The highest BCUT2D eigenvalue weighted by Gasteiger charge is 2.17. The van der Waals surface area contributed by atoms with E-state index in [9.17, 15) is 4.79 Å². The van der Waals surface area contributed by atoms with Gasteiger partial charge in [0.15, 0.2) is 0 Å². The Hall–Kier alpha value is -0.790. The summed E-state index contributed by atoms with van der Waals surface area (Å²) in [5.41, 5.74) is 1.04. The second-order valence-electron chi connectivity index (χ2n) is 4.77. The van der Waals surface area contributed by atoms with E-state index in [1.54, 1.807) is 0 Å². The molecule has 1 atom stereocenters. The van der Waals surface area contributed by atoms with Crippen molar-refractivity contribution in [3.63, 3.8) is 0 Å². The largest absolute Gasteiger partial charge is 0.351 e. The molecule has 2 nitrogen and oxygen atoms in total. The molecule has 1 amide bonds. The van der Waals surface area contributed by atoms with Gasteiger partial charge >= 0.3 is 0 Å². The third kappa shape index (κ3) is 6.38. The Balaban J connectivity index is 4.21. The number of rotatable bonds is 2. The molecule has 0 bridgehead atoms. The van der Waals surface area contributed by atoms with Gasteiger partial charge in [0.1, 0.15) is 0 Å². The third-order valence-corrected chi connectivity index (χ3v) is 1.50. The first-order chi connectivity index (χ1) is 5.72. The molecule has 0 aromatic heterocycles. The molecule has 1 N–H and O–H groups in total. The van der Waals surface area contributed by atoms with Crippen LogP contribution >= 0.6 is 0 Å². The van der Waals surface area contributed by atoms with E-state index in [4.69, 9.17) is 0 Å². The van der Waals surface area contributed by atoms with E-state index in [2.05, 4.69) is 5.32 Å². The van der Waals surface area contributed by atoms with Crippen LogP contribution in [0.2, 0.25) is 0 Å². The summed E-state index contributed by atoms with van der Waals surface area (Å²) in [5.74, 6) is 0.0536. The van der Waals surface area contributed by atoms with Crippen LogP contribution in [0.25, 0.3) is 0 Å². The second-order valence-corrected chi connectivity index (χ2v) is 4.77. The van der Waals surface area contributed by atoms with E-state index in [1.807, 2.05) is 47.6 Å². The predicted molar refractivity (Wildman–Crippen MR) is 56.5 cm³/mol. The highest BCUT2D eigenvalue weighted by Crippen LogP contribution is 2.06. The minimum Gasteiger partial charge on any atom is -0.351 e. The first-order valence-corrected chi connectivity index (χ1v) is 4.69. The Morgan fingerprint density at radius 2 is 1.77 bits per heavy atom. The highest BCUT2D eigenvalue weighted by molar-refractivity contribution is 5.80. The summed E-state index contributed by atoms with van der Waals surface area (Å²) in [6, 6.07) is 0. The van der Waals surface area contributed by atoms with E-state index in [0.29, 0.717) is 0 Å². The van der Waals surface area contributed by atoms with Crippen molar-refractivity contribution in [1.29, 1.82) is 0 Å². The number of hydrogen-bond acceptors (Lipinski definition) is 1. The second kappa shape index (κ2) is 4.45. The molecule has 0 aliphatic carbocycles. The molecule has 1 unspecified atom stereocenters. The van der Waals surface area contributed by atoms with Crippen LogP contribution < -0.4 is 5.32 Å². The molecule has 2 heteroatoms. The average molecular weight is 183 g/mol. The van der Waals surface area contributed by atoms with Crippen LogP contribution in [0.5, 0.6) is 0 Å². The van der Waals surface area contributed by atoms with Gasteiger partial charge in [0.2, 0.25) is 5.91 Å². The Kier molecular flexibility index (Phi) is 4.18. The average Bonchev–Trinajstić information content (AvgIpc) is 1.81. The summed E-state index contributed by atoms with van der Waals surface area (Å²) in [6.45, 7) is 11.9. The molecule has 0 saturated carbocycles. The number of amides is 1. The molecule has 0 rings (SSSR count). The zero-order valence-corrected chi connectivity index (χ0v) is 9.56. The zero-order chi connectivity index (χ0) is 10.6. The maximum Gasteiger partial charge on any atom is 0.227 e. The maximum absolute atomic E-state index is 11.5. The van der Waals surface area contributed by atoms with Crippen molar-refractivity contribution in [3.05, 3.63) is 11.6 Å². The fraction of sp³-hybridized carbons (Fsp3) is 0.727. The maximum atomic E-state index is 11.5. The molecule has 76 valence electrons. The van der Waals surface area contributed by atoms with Crippen LogP contribution in [0, 0.1) is 5.92 Å². The number of carbonyl (C=O) groups is 1. The minimum absolute atomic E-state index is 0.0378. The molecule has 0 saturated heterocycles. The van der Waals surface area contributed by atoms with E-state index < -0.39 is 0 Å². The van der Waals surface area contributed by atoms with Crippen molar-refractivity contribution >= 4 is 5.91 Å². The first-order valence-electron chi connectivity index (χ1n) is 4.69. The third-order valence-electron chi connectivity index (χ3n) is 1.50. The summed E-state index contributed by atoms with van der Waals surface area (Å²) in [5, 5.41) is 2.94. The molecule has 0 aliphatic rings. The van der Waals surface area contributed by atoms with Gasteiger partial charge in [-0.25, -0.2) is 0 Å². The van der Waals surface area contributed by atoms with Crippen LogP contribution in [0.4, 0.5) is 0 Å². The van der Waals surface area contributed by atoms with Gasteiger partial charge in [0.25, 0.3) is 0 Å². The standard InChI is InChI=1S/C11H21NO/c1-8(2)7-9(3)10(13)12-11(4,5)6/h7,9H,1-6H3,(H,12,13). The number of allylic oxidation sites excluding steroid dienone is 1. The summed E-state index contributed by atoms with van der Waals surface area (Å²) in [6.07, 6.45) is 1.97. The van der Waals surface area contributed by atoms with Gasteiger partial charge in [-0.3, -0.25) is 4.79 Å². The molecular formula is C11H21NO. The van der Waals surface area contributed by atoms with E-state index in [1.165, 1.54) is 5.57 Å². The molecule has 0 aromatic carbocycles. The van der Waals surface area contributed by atoms with Gasteiger partial charge in [-0.05, 0) is 34.6 Å².